The third-order valence-electron chi connectivity index (χ3n) is 5.13. The highest BCUT2D eigenvalue weighted by atomic mass is 35.5. The number of hydrogen-bond donors (Lipinski definition) is 1. The first-order valence-corrected chi connectivity index (χ1v) is 10.9. The van der Waals surface area contributed by atoms with Crippen molar-refractivity contribution >= 4 is 33.8 Å². The molecule has 1 N–H and O–H groups in total. The minimum atomic E-state index is -0.00891. The number of carbonyl (C=O) groups is 1. The molecule has 29 heavy (non-hydrogen) atoms. The summed E-state index contributed by atoms with van der Waals surface area (Å²) in [6.45, 7) is 4.25. The molecule has 1 aromatic carbocycles. The molecule has 7 heteroatoms. The van der Waals surface area contributed by atoms with Gasteiger partial charge in [0, 0.05) is 36.1 Å². The number of ether oxygens (including phenoxy) is 1. The smallest absolute Gasteiger partial charge is 0.261 e. The van der Waals surface area contributed by atoms with Crippen LogP contribution < -0.4 is 10.2 Å². The summed E-state index contributed by atoms with van der Waals surface area (Å²) >= 11 is 7.65. The Morgan fingerprint density at radius 3 is 2.69 bits per heavy atom. The molecule has 2 aliphatic heterocycles. The Hall–Kier alpha value is -2.04. The number of morpholine rings is 1. The first-order chi connectivity index (χ1) is 14.0. The molecule has 2 aliphatic rings. The SMILES string of the molecule is CN(C)CC#Cc1c(N2CCOCC2)sc2c1C(c1ccc(Cl)cc1)CNC2=O. The van der Waals surface area contributed by atoms with Gasteiger partial charge in [0.05, 0.1) is 30.2 Å². The van der Waals surface area contributed by atoms with Gasteiger partial charge in [-0.15, -0.1) is 11.3 Å². The fraction of sp³-hybridized carbons (Fsp3) is 0.409. The molecule has 1 amide bonds. The molecule has 0 bridgehead atoms. The third-order valence-corrected chi connectivity index (χ3v) is 6.64. The van der Waals surface area contributed by atoms with Crippen molar-refractivity contribution in [2.75, 3.05) is 58.4 Å². The van der Waals surface area contributed by atoms with E-state index in [1.54, 1.807) is 11.3 Å². The molecular formula is C22H24ClN3O2S. The summed E-state index contributed by atoms with van der Waals surface area (Å²) in [6, 6.07) is 7.88. The number of halogens is 1. The zero-order valence-corrected chi connectivity index (χ0v) is 18.2. The van der Waals surface area contributed by atoms with Gasteiger partial charge in [-0.25, -0.2) is 0 Å². The van der Waals surface area contributed by atoms with Crippen LogP contribution in [0.3, 0.4) is 0 Å². The Labute approximate surface area is 180 Å². The van der Waals surface area contributed by atoms with Crippen molar-refractivity contribution < 1.29 is 9.53 Å². The van der Waals surface area contributed by atoms with Crippen LogP contribution in [0.2, 0.25) is 5.02 Å². The topological polar surface area (TPSA) is 44.8 Å². The molecule has 1 saturated heterocycles. The largest absolute Gasteiger partial charge is 0.378 e. The van der Waals surface area contributed by atoms with Crippen molar-refractivity contribution in [3.05, 3.63) is 50.9 Å². The number of benzene rings is 1. The van der Waals surface area contributed by atoms with E-state index in [1.165, 1.54) is 0 Å². The van der Waals surface area contributed by atoms with Gasteiger partial charge in [-0.2, -0.15) is 0 Å². The molecule has 5 nitrogen and oxygen atoms in total. The second-order valence-corrected chi connectivity index (χ2v) is 8.91. The fourth-order valence-electron chi connectivity index (χ4n) is 3.69. The summed E-state index contributed by atoms with van der Waals surface area (Å²) in [6.07, 6.45) is 0. The first-order valence-electron chi connectivity index (χ1n) is 9.71. The number of amides is 1. The summed E-state index contributed by atoms with van der Waals surface area (Å²) in [4.78, 5) is 17.8. The van der Waals surface area contributed by atoms with Crippen LogP contribution in [0.4, 0.5) is 5.00 Å². The first kappa shape index (κ1) is 20.2. The minimum Gasteiger partial charge on any atom is -0.378 e. The zero-order valence-electron chi connectivity index (χ0n) is 16.6. The van der Waals surface area contributed by atoms with Gasteiger partial charge in [-0.1, -0.05) is 35.6 Å². The van der Waals surface area contributed by atoms with Gasteiger partial charge in [0.1, 0.15) is 5.00 Å². The molecule has 1 aromatic heterocycles. The van der Waals surface area contributed by atoms with Crippen LogP contribution in [0.1, 0.15) is 32.3 Å². The number of fused-ring (bicyclic) bond motifs is 1. The maximum Gasteiger partial charge on any atom is 0.261 e. The van der Waals surface area contributed by atoms with E-state index in [0.717, 1.165) is 39.7 Å². The lowest BCUT2D eigenvalue weighted by Crippen LogP contribution is -2.36. The average Bonchev–Trinajstić information content (AvgIpc) is 3.10. The van der Waals surface area contributed by atoms with Crippen molar-refractivity contribution in [3.8, 4) is 11.8 Å². The van der Waals surface area contributed by atoms with Crippen LogP contribution >= 0.6 is 22.9 Å². The summed E-state index contributed by atoms with van der Waals surface area (Å²) < 4.78 is 5.53. The predicted octanol–water partition coefficient (Wildman–Crippen LogP) is 3.03. The van der Waals surface area contributed by atoms with Crippen LogP contribution in [0.25, 0.3) is 0 Å². The highest BCUT2D eigenvalue weighted by Gasteiger charge is 2.34. The van der Waals surface area contributed by atoms with E-state index in [-0.39, 0.29) is 11.8 Å². The van der Waals surface area contributed by atoms with E-state index >= 15 is 0 Å². The van der Waals surface area contributed by atoms with Crippen molar-refractivity contribution in [1.82, 2.24) is 10.2 Å². The Balaban J connectivity index is 1.83. The molecule has 0 aliphatic carbocycles. The van der Waals surface area contributed by atoms with Gasteiger partial charge < -0.3 is 15.0 Å². The van der Waals surface area contributed by atoms with Crippen LogP contribution in [0.15, 0.2) is 24.3 Å². The lowest BCUT2D eigenvalue weighted by Gasteiger charge is -2.28. The van der Waals surface area contributed by atoms with E-state index in [0.29, 0.717) is 31.3 Å². The standard InChI is InChI=1S/C22H24ClN3O2S/c1-25(2)9-3-4-17-19-18(15-5-7-16(23)8-6-15)14-24-21(27)20(19)29-22(17)26-10-12-28-13-11-26/h5-8,18H,9-14H2,1-2H3,(H,24,27). The molecule has 4 rings (SSSR count). The quantitative estimate of drug-likeness (QED) is 0.762. The third kappa shape index (κ3) is 4.29. The maximum absolute atomic E-state index is 12.7. The van der Waals surface area contributed by atoms with Crippen LogP contribution in [-0.2, 0) is 4.74 Å². The summed E-state index contributed by atoms with van der Waals surface area (Å²) in [7, 11) is 4.01. The van der Waals surface area contributed by atoms with Crippen LogP contribution in [0.5, 0.6) is 0 Å². The number of anilines is 1. The van der Waals surface area contributed by atoms with Gasteiger partial charge >= 0.3 is 0 Å². The predicted molar refractivity (Wildman–Crippen MR) is 118 cm³/mol. The summed E-state index contributed by atoms with van der Waals surface area (Å²) in [5, 5.41) is 4.85. The van der Waals surface area contributed by atoms with Gasteiger partial charge in [0.15, 0.2) is 0 Å². The number of rotatable bonds is 3. The second-order valence-electron chi connectivity index (χ2n) is 7.48. The molecule has 0 radical (unpaired) electrons. The van der Waals surface area contributed by atoms with E-state index in [9.17, 15) is 4.79 Å². The molecular weight excluding hydrogens is 406 g/mol. The Bertz CT molecular complexity index is 953. The lowest BCUT2D eigenvalue weighted by molar-refractivity contribution is 0.0947. The Morgan fingerprint density at radius 2 is 2.00 bits per heavy atom. The average molecular weight is 430 g/mol. The monoisotopic (exact) mass is 429 g/mol. The van der Waals surface area contributed by atoms with E-state index in [1.807, 2.05) is 43.3 Å². The van der Waals surface area contributed by atoms with E-state index in [4.69, 9.17) is 16.3 Å². The molecule has 0 spiro atoms. The van der Waals surface area contributed by atoms with Crippen molar-refractivity contribution in [2.45, 2.75) is 5.92 Å². The van der Waals surface area contributed by atoms with Gasteiger partial charge in [0.2, 0.25) is 0 Å². The molecule has 3 heterocycles. The summed E-state index contributed by atoms with van der Waals surface area (Å²) in [5.41, 5.74) is 3.18. The van der Waals surface area contributed by atoms with Crippen molar-refractivity contribution in [1.29, 1.82) is 0 Å². The molecule has 2 aromatic rings. The van der Waals surface area contributed by atoms with E-state index in [2.05, 4.69) is 22.1 Å². The molecule has 1 unspecified atom stereocenters. The number of hydrogen-bond acceptors (Lipinski definition) is 5. The lowest BCUT2D eigenvalue weighted by atomic mass is 9.86. The zero-order chi connectivity index (χ0) is 20.4. The summed E-state index contributed by atoms with van der Waals surface area (Å²) in [5.74, 6) is 6.75. The minimum absolute atomic E-state index is 0.00891. The van der Waals surface area contributed by atoms with Crippen LogP contribution in [0, 0.1) is 11.8 Å². The number of thiophene rings is 1. The Morgan fingerprint density at radius 1 is 1.28 bits per heavy atom. The van der Waals surface area contributed by atoms with Crippen molar-refractivity contribution in [2.24, 2.45) is 0 Å². The van der Waals surface area contributed by atoms with Crippen molar-refractivity contribution in [3.63, 3.8) is 0 Å². The maximum atomic E-state index is 12.7. The molecule has 1 fully saturated rings. The molecule has 0 saturated carbocycles. The Kier molecular flexibility index (Phi) is 6.12. The highest BCUT2D eigenvalue weighted by Crippen LogP contribution is 2.43. The van der Waals surface area contributed by atoms with Crippen LogP contribution in [-0.4, -0.2) is 64.3 Å². The van der Waals surface area contributed by atoms with E-state index < -0.39 is 0 Å². The second kappa shape index (κ2) is 8.76. The molecule has 152 valence electrons. The van der Waals surface area contributed by atoms with Gasteiger partial charge in [0.25, 0.3) is 5.91 Å². The normalized spacial score (nSPS) is 18.8. The van der Waals surface area contributed by atoms with Gasteiger partial charge in [-0.05, 0) is 31.8 Å². The van der Waals surface area contributed by atoms with Gasteiger partial charge in [-0.3, -0.25) is 9.69 Å². The number of carbonyl (C=O) groups excluding carboxylic acids is 1. The number of nitrogens with zero attached hydrogens (tertiary/aromatic N) is 2. The molecule has 1 atom stereocenters. The number of nitrogens with one attached hydrogen (secondary N) is 1. The highest BCUT2D eigenvalue weighted by molar-refractivity contribution is 7.18. The fourth-order valence-corrected chi connectivity index (χ4v) is 5.10.